The maximum Gasteiger partial charge on any atom is 0.264 e. The van der Waals surface area contributed by atoms with Crippen molar-refractivity contribution in [3.05, 3.63) is 96.1 Å². The summed E-state index contributed by atoms with van der Waals surface area (Å²) < 4.78 is 0. The highest BCUT2D eigenvalue weighted by atomic mass is 16.2. The van der Waals surface area contributed by atoms with Crippen molar-refractivity contribution in [3.63, 3.8) is 0 Å². The van der Waals surface area contributed by atoms with E-state index in [0.717, 1.165) is 22.2 Å². The Morgan fingerprint density at radius 1 is 0.968 bits per heavy atom. The van der Waals surface area contributed by atoms with Gasteiger partial charge in [0.25, 0.3) is 5.91 Å². The standard InChI is InChI=1S/C25H20N4O2/c1-16(30)26-19-13-11-17(12-14-19)24-28-23-21(15-18-7-5-6-10-22(18)27-23)25(31)29(24)20-8-3-2-4-9-20/h2-15,24H,1H3,(H,26,30)(H,27,28)/t24-/m0/s1. The monoisotopic (exact) mass is 408 g/mol. The number of carbonyl (C=O) groups is 2. The van der Waals surface area contributed by atoms with Gasteiger partial charge in [0.15, 0.2) is 0 Å². The van der Waals surface area contributed by atoms with Crippen molar-refractivity contribution in [2.24, 2.45) is 0 Å². The number of anilines is 3. The number of amides is 2. The van der Waals surface area contributed by atoms with Crippen LogP contribution < -0.4 is 15.5 Å². The first kappa shape index (κ1) is 18.8. The quantitative estimate of drug-likeness (QED) is 0.502. The van der Waals surface area contributed by atoms with Crippen LogP contribution in [0.3, 0.4) is 0 Å². The minimum Gasteiger partial charge on any atom is -0.345 e. The summed E-state index contributed by atoms with van der Waals surface area (Å²) in [5, 5.41) is 7.14. The van der Waals surface area contributed by atoms with E-state index in [2.05, 4.69) is 10.6 Å². The zero-order valence-electron chi connectivity index (χ0n) is 16.9. The molecule has 3 aromatic carbocycles. The lowest BCUT2D eigenvalue weighted by atomic mass is 10.0. The molecule has 0 fully saturated rings. The molecule has 6 nitrogen and oxygen atoms in total. The zero-order chi connectivity index (χ0) is 21.4. The number of rotatable bonds is 3. The van der Waals surface area contributed by atoms with E-state index in [9.17, 15) is 9.59 Å². The molecule has 2 N–H and O–H groups in total. The Balaban J connectivity index is 1.62. The van der Waals surface area contributed by atoms with E-state index in [1.54, 1.807) is 4.90 Å². The highest BCUT2D eigenvalue weighted by Crippen LogP contribution is 2.37. The topological polar surface area (TPSA) is 74.3 Å². The number of pyridine rings is 1. The Morgan fingerprint density at radius 3 is 2.42 bits per heavy atom. The summed E-state index contributed by atoms with van der Waals surface area (Å²) in [6.07, 6.45) is -0.442. The highest BCUT2D eigenvalue weighted by Gasteiger charge is 2.35. The predicted molar refractivity (Wildman–Crippen MR) is 122 cm³/mol. The van der Waals surface area contributed by atoms with Gasteiger partial charge in [-0.2, -0.15) is 0 Å². The van der Waals surface area contributed by atoms with E-state index < -0.39 is 6.17 Å². The van der Waals surface area contributed by atoms with E-state index in [0.29, 0.717) is 17.1 Å². The predicted octanol–water partition coefficient (Wildman–Crippen LogP) is 4.96. The van der Waals surface area contributed by atoms with Gasteiger partial charge in [-0.05, 0) is 42.0 Å². The van der Waals surface area contributed by atoms with Crippen LogP contribution in [0, 0.1) is 0 Å². The minimum atomic E-state index is -0.442. The van der Waals surface area contributed by atoms with Crippen LogP contribution >= 0.6 is 0 Å². The van der Waals surface area contributed by atoms with E-state index in [1.165, 1.54) is 6.92 Å². The Bertz CT molecular complexity index is 1290. The van der Waals surface area contributed by atoms with Gasteiger partial charge in [0, 0.05) is 23.7 Å². The number of aromatic nitrogens is 1. The summed E-state index contributed by atoms with van der Waals surface area (Å²) in [5.41, 5.74) is 3.74. The lowest BCUT2D eigenvalue weighted by molar-refractivity contribution is -0.114. The fourth-order valence-corrected chi connectivity index (χ4v) is 3.87. The molecule has 5 rings (SSSR count). The Hall–Kier alpha value is -4.19. The van der Waals surface area contributed by atoms with Crippen LogP contribution in [0.4, 0.5) is 17.2 Å². The second kappa shape index (κ2) is 7.57. The van der Waals surface area contributed by atoms with Gasteiger partial charge >= 0.3 is 0 Å². The average molecular weight is 408 g/mol. The molecule has 6 heteroatoms. The molecule has 0 aliphatic carbocycles. The van der Waals surface area contributed by atoms with Gasteiger partial charge in [0.05, 0.1) is 11.1 Å². The molecule has 152 valence electrons. The lowest BCUT2D eigenvalue weighted by Gasteiger charge is -2.37. The maximum absolute atomic E-state index is 13.6. The van der Waals surface area contributed by atoms with E-state index in [-0.39, 0.29) is 11.8 Å². The van der Waals surface area contributed by atoms with Crippen molar-refractivity contribution in [3.8, 4) is 0 Å². The molecule has 0 saturated heterocycles. The molecule has 0 spiro atoms. The first-order valence-electron chi connectivity index (χ1n) is 10.0. The van der Waals surface area contributed by atoms with Gasteiger partial charge in [0.1, 0.15) is 12.0 Å². The van der Waals surface area contributed by atoms with Gasteiger partial charge < -0.3 is 10.6 Å². The number of fused-ring (bicyclic) bond motifs is 2. The molecule has 1 aliphatic rings. The van der Waals surface area contributed by atoms with Crippen LogP contribution in [-0.2, 0) is 4.79 Å². The first-order valence-corrected chi connectivity index (χ1v) is 10.0. The molecular formula is C25H20N4O2. The van der Waals surface area contributed by atoms with Crippen molar-refractivity contribution >= 4 is 39.9 Å². The van der Waals surface area contributed by atoms with Crippen molar-refractivity contribution in [1.82, 2.24) is 4.98 Å². The van der Waals surface area contributed by atoms with E-state index in [1.807, 2.05) is 84.9 Å². The fraction of sp³-hybridized carbons (Fsp3) is 0.0800. The summed E-state index contributed by atoms with van der Waals surface area (Å²) in [6.45, 7) is 1.47. The minimum absolute atomic E-state index is 0.117. The number of benzene rings is 3. The number of nitrogens with zero attached hydrogens (tertiary/aromatic N) is 2. The summed E-state index contributed by atoms with van der Waals surface area (Å²) >= 11 is 0. The molecule has 2 heterocycles. The Labute approximate surface area is 179 Å². The number of hydrogen-bond acceptors (Lipinski definition) is 4. The van der Waals surface area contributed by atoms with Gasteiger partial charge in [-0.15, -0.1) is 0 Å². The van der Waals surface area contributed by atoms with Crippen LogP contribution in [0.5, 0.6) is 0 Å². The van der Waals surface area contributed by atoms with Crippen LogP contribution in [-0.4, -0.2) is 16.8 Å². The van der Waals surface area contributed by atoms with Crippen LogP contribution in [0.15, 0.2) is 84.9 Å². The smallest absolute Gasteiger partial charge is 0.264 e. The number of carbonyl (C=O) groups excluding carboxylic acids is 2. The zero-order valence-corrected chi connectivity index (χ0v) is 16.9. The normalized spacial score (nSPS) is 15.3. The summed E-state index contributed by atoms with van der Waals surface area (Å²) in [5.74, 6) is 0.315. The second-order valence-corrected chi connectivity index (χ2v) is 7.44. The molecule has 0 bridgehead atoms. The molecule has 0 unspecified atom stereocenters. The third-order valence-electron chi connectivity index (χ3n) is 5.29. The largest absolute Gasteiger partial charge is 0.345 e. The molecule has 31 heavy (non-hydrogen) atoms. The maximum atomic E-state index is 13.6. The Kier molecular flexibility index (Phi) is 4.59. The van der Waals surface area contributed by atoms with E-state index >= 15 is 0 Å². The second-order valence-electron chi connectivity index (χ2n) is 7.44. The summed E-state index contributed by atoms with van der Waals surface area (Å²) in [4.78, 5) is 31.4. The van der Waals surface area contributed by atoms with Crippen LogP contribution in [0.2, 0.25) is 0 Å². The molecule has 0 radical (unpaired) electrons. The molecule has 0 saturated carbocycles. The lowest BCUT2D eigenvalue weighted by Crippen LogP contribution is -2.43. The molecule has 1 aliphatic heterocycles. The molecular weight excluding hydrogens is 388 g/mol. The van der Waals surface area contributed by atoms with Gasteiger partial charge in [0.2, 0.25) is 5.91 Å². The third-order valence-corrected chi connectivity index (χ3v) is 5.29. The van der Waals surface area contributed by atoms with Gasteiger partial charge in [-0.25, -0.2) is 4.98 Å². The van der Waals surface area contributed by atoms with Crippen LogP contribution in [0.25, 0.3) is 10.9 Å². The van der Waals surface area contributed by atoms with E-state index in [4.69, 9.17) is 4.98 Å². The van der Waals surface area contributed by atoms with Gasteiger partial charge in [-0.3, -0.25) is 14.5 Å². The van der Waals surface area contributed by atoms with Gasteiger partial charge in [-0.1, -0.05) is 48.5 Å². The molecule has 1 aromatic heterocycles. The first-order chi connectivity index (χ1) is 15.1. The highest BCUT2D eigenvalue weighted by molar-refractivity contribution is 6.13. The number of hydrogen-bond donors (Lipinski definition) is 2. The Morgan fingerprint density at radius 2 is 1.68 bits per heavy atom. The fourth-order valence-electron chi connectivity index (χ4n) is 3.87. The number of para-hydroxylation sites is 2. The van der Waals surface area contributed by atoms with Crippen molar-refractivity contribution in [2.75, 3.05) is 15.5 Å². The molecule has 2 amide bonds. The molecule has 4 aromatic rings. The SMILES string of the molecule is CC(=O)Nc1ccc([C@H]2Nc3nc4ccccc4cc3C(=O)N2c2ccccc2)cc1. The van der Waals surface area contributed by atoms with Crippen molar-refractivity contribution in [2.45, 2.75) is 13.1 Å². The number of nitrogens with one attached hydrogen (secondary N) is 2. The van der Waals surface area contributed by atoms with Crippen molar-refractivity contribution in [1.29, 1.82) is 0 Å². The summed E-state index contributed by atoms with van der Waals surface area (Å²) in [7, 11) is 0. The van der Waals surface area contributed by atoms with Crippen LogP contribution in [0.1, 0.15) is 29.0 Å². The summed E-state index contributed by atoms with van der Waals surface area (Å²) in [6, 6.07) is 26.7. The molecule has 1 atom stereocenters. The average Bonchev–Trinajstić information content (AvgIpc) is 2.78. The third kappa shape index (κ3) is 3.48. The van der Waals surface area contributed by atoms with Crippen molar-refractivity contribution < 1.29 is 9.59 Å².